The highest BCUT2D eigenvalue weighted by Crippen LogP contribution is 2.55. The Bertz CT molecular complexity index is 1270. The summed E-state index contributed by atoms with van der Waals surface area (Å²) in [5.74, 6) is 0.190. The first-order valence-electron chi connectivity index (χ1n) is 13.4. The molecule has 0 spiro atoms. The van der Waals surface area contributed by atoms with Crippen molar-refractivity contribution in [3.05, 3.63) is 106 Å². The molecule has 0 unspecified atom stereocenters. The number of carbonyl (C=O) groups excluding carboxylic acids is 2. The Morgan fingerprint density at radius 3 is 2.24 bits per heavy atom. The largest absolute Gasteiger partial charge is 0.355 e. The van der Waals surface area contributed by atoms with Crippen molar-refractivity contribution in [1.82, 2.24) is 10.2 Å². The molecule has 1 heterocycles. The molecule has 198 valence electrons. The van der Waals surface area contributed by atoms with Gasteiger partial charge in [-0.3, -0.25) is 9.59 Å². The van der Waals surface area contributed by atoms with Crippen molar-refractivity contribution >= 4 is 23.3 Å². The topological polar surface area (TPSA) is 49.4 Å². The zero-order valence-corrected chi connectivity index (χ0v) is 22.5. The maximum Gasteiger partial charge on any atom is 0.231 e. The van der Waals surface area contributed by atoms with Crippen molar-refractivity contribution in [3.8, 4) is 0 Å². The first-order chi connectivity index (χ1) is 18.3. The number of likely N-dealkylation sites (tertiary alicyclic amines) is 1. The van der Waals surface area contributed by atoms with E-state index in [4.69, 9.17) is 11.6 Å². The lowest BCUT2D eigenvalue weighted by Gasteiger charge is -2.41. The highest BCUT2D eigenvalue weighted by molar-refractivity contribution is 6.30. The number of piperidine rings is 1. The molecule has 38 heavy (non-hydrogen) atoms. The van der Waals surface area contributed by atoms with Crippen LogP contribution in [0.3, 0.4) is 0 Å². The van der Waals surface area contributed by atoms with Gasteiger partial charge in [-0.2, -0.15) is 0 Å². The van der Waals surface area contributed by atoms with E-state index in [1.54, 1.807) is 19.1 Å². The fraction of sp³-hybridized carbons (Fsp3) is 0.375. The molecule has 3 aromatic carbocycles. The van der Waals surface area contributed by atoms with Crippen LogP contribution in [0.15, 0.2) is 78.9 Å². The van der Waals surface area contributed by atoms with E-state index in [-0.39, 0.29) is 23.4 Å². The highest BCUT2D eigenvalue weighted by atomic mass is 35.5. The molecule has 6 heteroatoms. The smallest absolute Gasteiger partial charge is 0.231 e. The van der Waals surface area contributed by atoms with Gasteiger partial charge in [-0.15, -0.1) is 0 Å². The van der Waals surface area contributed by atoms with E-state index in [2.05, 4.69) is 22.3 Å². The number of hydrogen-bond acceptors (Lipinski definition) is 3. The summed E-state index contributed by atoms with van der Waals surface area (Å²) < 4.78 is 13.2. The Kier molecular flexibility index (Phi) is 7.69. The molecular formula is C32H34ClFN2O2. The number of amides is 1. The molecule has 3 aromatic rings. The molecule has 1 aliphatic heterocycles. The van der Waals surface area contributed by atoms with Crippen LogP contribution in [-0.4, -0.2) is 42.8 Å². The average molecular weight is 533 g/mol. The summed E-state index contributed by atoms with van der Waals surface area (Å²) in [7, 11) is 0. The predicted molar refractivity (Wildman–Crippen MR) is 149 cm³/mol. The number of nitrogens with one attached hydrogen (secondary N) is 1. The van der Waals surface area contributed by atoms with Crippen LogP contribution in [0.25, 0.3) is 0 Å². The van der Waals surface area contributed by atoms with Crippen molar-refractivity contribution in [3.63, 3.8) is 0 Å². The maximum absolute atomic E-state index is 13.6. The molecule has 2 atom stereocenters. The summed E-state index contributed by atoms with van der Waals surface area (Å²) in [6.45, 7) is 4.68. The lowest BCUT2D eigenvalue weighted by Crippen LogP contribution is -2.47. The van der Waals surface area contributed by atoms with Gasteiger partial charge in [0.05, 0.1) is 10.8 Å². The molecule has 5 rings (SSSR count). The lowest BCUT2D eigenvalue weighted by molar-refractivity contribution is -0.124. The van der Waals surface area contributed by atoms with E-state index in [1.165, 1.54) is 12.1 Å². The number of Topliss-reactive ketones (excluding diaryl/α,β-unsaturated/α-hetero) is 1. The summed E-state index contributed by atoms with van der Waals surface area (Å²) in [5, 5.41) is 3.80. The maximum atomic E-state index is 13.6. The van der Waals surface area contributed by atoms with Crippen LogP contribution in [0.2, 0.25) is 5.02 Å². The van der Waals surface area contributed by atoms with Crippen LogP contribution in [0.1, 0.15) is 42.9 Å². The Balaban J connectivity index is 1.26. The quantitative estimate of drug-likeness (QED) is 0.383. The van der Waals surface area contributed by atoms with E-state index >= 15 is 0 Å². The van der Waals surface area contributed by atoms with Gasteiger partial charge in [0.25, 0.3) is 0 Å². The van der Waals surface area contributed by atoms with E-state index in [0.717, 1.165) is 55.6 Å². The molecule has 4 nitrogen and oxygen atoms in total. The summed E-state index contributed by atoms with van der Waals surface area (Å²) in [6.07, 6.45) is 3.00. The Morgan fingerprint density at radius 2 is 1.61 bits per heavy atom. The molecule has 1 saturated heterocycles. The summed E-state index contributed by atoms with van der Waals surface area (Å²) in [5.41, 5.74) is 2.08. The van der Waals surface area contributed by atoms with Crippen molar-refractivity contribution in [2.24, 2.45) is 5.92 Å². The zero-order chi connectivity index (χ0) is 26.8. The van der Waals surface area contributed by atoms with Crippen LogP contribution in [0.4, 0.5) is 4.39 Å². The molecule has 0 bridgehead atoms. The van der Waals surface area contributed by atoms with Gasteiger partial charge in [-0.25, -0.2) is 4.39 Å². The second kappa shape index (κ2) is 11.0. The van der Waals surface area contributed by atoms with Crippen LogP contribution in [0.5, 0.6) is 0 Å². The molecule has 1 N–H and O–H groups in total. The number of nitrogens with zero attached hydrogens (tertiary/aromatic N) is 1. The standard InChI is InChI=1S/C32H34ClFN2O2/c1-23(37)31(25-5-3-2-4-6-25)16-19-36(20-17-31)22-27-21-32(27,26-9-11-28(33)12-10-26)30(38)35-18-15-24-7-13-29(34)14-8-24/h2-14,27H,15-22H2,1H3,(H,35,38)/t27-,32+/m0/s1. The van der Waals surface area contributed by atoms with Gasteiger partial charge in [0.2, 0.25) is 5.91 Å². The van der Waals surface area contributed by atoms with E-state index in [0.29, 0.717) is 18.0 Å². The average Bonchev–Trinajstić information content (AvgIpc) is 3.65. The summed E-state index contributed by atoms with van der Waals surface area (Å²) in [4.78, 5) is 28.8. The van der Waals surface area contributed by atoms with Gasteiger partial charge in [0.1, 0.15) is 11.6 Å². The normalized spacial score (nSPS) is 22.6. The van der Waals surface area contributed by atoms with E-state index in [1.807, 2.05) is 42.5 Å². The molecule has 0 radical (unpaired) electrons. The van der Waals surface area contributed by atoms with Crippen LogP contribution in [-0.2, 0) is 26.8 Å². The number of ketones is 1. The molecule has 1 aliphatic carbocycles. The molecule has 2 aliphatic rings. The molecule has 0 aromatic heterocycles. The number of halogens is 2. The van der Waals surface area contributed by atoms with Gasteiger partial charge < -0.3 is 10.2 Å². The minimum absolute atomic E-state index is 0.0336. The number of hydrogen-bond donors (Lipinski definition) is 1. The van der Waals surface area contributed by atoms with Gasteiger partial charge >= 0.3 is 0 Å². The highest BCUT2D eigenvalue weighted by Gasteiger charge is 2.61. The second-order valence-corrected chi connectivity index (χ2v) is 11.3. The fourth-order valence-electron chi connectivity index (χ4n) is 6.22. The van der Waals surface area contributed by atoms with Gasteiger partial charge in [0.15, 0.2) is 0 Å². The summed E-state index contributed by atoms with van der Waals surface area (Å²) in [6, 6.07) is 24.2. The molecule has 2 fully saturated rings. The second-order valence-electron chi connectivity index (χ2n) is 10.8. The van der Waals surface area contributed by atoms with Crippen molar-refractivity contribution in [1.29, 1.82) is 0 Å². The van der Waals surface area contributed by atoms with Crippen molar-refractivity contribution in [2.45, 2.75) is 43.4 Å². The molecular weight excluding hydrogens is 499 g/mol. The van der Waals surface area contributed by atoms with Crippen LogP contribution in [0, 0.1) is 11.7 Å². The third-order valence-electron chi connectivity index (χ3n) is 8.67. The minimum atomic E-state index is -0.581. The van der Waals surface area contributed by atoms with Gasteiger partial charge in [0, 0.05) is 18.1 Å². The van der Waals surface area contributed by atoms with E-state index in [9.17, 15) is 14.0 Å². The first kappa shape index (κ1) is 26.6. The number of rotatable bonds is 9. The predicted octanol–water partition coefficient (Wildman–Crippen LogP) is 5.72. The van der Waals surface area contributed by atoms with Crippen molar-refractivity contribution < 1.29 is 14.0 Å². The summed E-state index contributed by atoms with van der Waals surface area (Å²) >= 11 is 6.16. The zero-order valence-electron chi connectivity index (χ0n) is 21.8. The molecule has 1 amide bonds. The van der Waals surface area contributed by atoms with Crippen molar-refractivity contribution in [2.75, 3.05) is 26.2 Å². The Morgan fingerprint density at radius 1 is 0.947 bits per heavy atom. The minimum Gasteiger partial charge on any atom is -0.355 e. The number of benzene rings is 3. The van der Waals surface area contributed by atoms with Crippen LogP contribution < -0.4 is 5.32 Å². The monoisotopic (exact) mass is 532 g/mol. The van der Waals surface area contributed by atoms with Crippen LogP contribution >= 0.6 is 11.6 Å². The molecule has 1 saturated carbocycles. The third kappa shape index (κ3) is 5.27. The lowest BCUT2D eigenvalue weighted by atomic mass is 9.70. The SMILES string of the molecule is CC(=O)C1(c2ccccc2)CCN(C[C@@H]2C[C@@]2(C(=O)NCCc2ccc(F)cc2)c2ccc(Cl)cc2)CC1. The fourth-order valence-corrected chi connectivity index (χ4v) is 6.35. The first-order valence-corrected chi connectivity index (χ1v) is 13.8. The van der Waals surface area contributed by atoms with Gasteiger partial charge in [-0.05, 0) is 92.6 Å². The third-order valence-corrected chi connectivity index (χ3v) is 8.92. The number of carbonyl (C=O) groups is 2. The Labute approximate surface area is 229 Å². The van der Waals surface area contributed by atoms with E-state index < -0.39 is 10.8 Å². The van der Waals surface area contributed by atoms with Gasteiger partial charge in [-0.1, -0.05) is 66.2 Å². The Hall–Kier alpha value is -3.02.